The average molecular weight is 176 g/mol. The third-order valence-corrected chi connectivity index (χ3v) is 2.49. The lowest BCUT2D eigenvalue weighted by Gasteiger charge is -2.15. The van der Waals surface area contributed by atoms with Gasteiger partial charge in [0.25, 0.3) is 0 Å². The highest BCUT2D eigenvalue weighted by atomic mass is 15.0. The Morgan fingerprint density at radius 2 is 2.38 bits per heavy atom. The Bertz CT molecular complexity index is 294. The zero-order valence-electron chi connectivity index (χ0n) is 8.25. The van der Waals surface area contributed by atoms with E-state index in [-0.39, 0.29) is 0 Å². The topological polar surface area (TPSA) is 24.9 Å². The number of nitrogens with zero attached hydrogens (tertiary/aromatic N) is 1. The van der Waals surface area contributed by atoms with E-state index in [4.69, 9.17) is 0 Å². The number of aromatic nitrogens is 1. The molecule has 0 bridgehead atoms. The maximum atomic E-state index is 4.43. The monoisotopic (exact) mass is 176 g/mol. The van der Waals surface area contributed by atoms with Gasteiger partial charge in [-0.05, 0) is 24.5 Å². The predicted octanol–water partition coefficient (Wildman–Crippen LogP) is 2.07. The minimum absolute atomic E-state index is 0.483. The Balaban J connectivity index is 2.18. The number of nitrogens with one attached hydrogen (secondary N) is 1. The highest BCUT2D eigenvalue weighted by Gasteiger charge is 2.23. The zero-order valence-corrected chi connectivity index (χ0v) is 8.25. The molecule has 70 valence electrons. The van der Waals surface area contributed by atoms with Crippen LogP contribution in [0, 0.1) is 0 Å². The fourth-order valence-corrected chi connectivity index (χ4v) is 1.98. The van der Waals surface area contributed by atoms with Crippen molar-refractivity contribution < 1.29 is 0 Å². The first kappa shape index (κ1) is 8.70. The van der Waals surface area contributed by atoms with Crippen molar-refractivity contribution in [1.82, 2.24) is 10.3 Å². The van der Waals surface area contributed by atoms with Crippen LogP contribution in [-0.4, -0.2) is 11.0 Å². The Kier molecular flexibility index (Phi) is 2.32. The molecule has 0 spiro atoms. The summed E-state index contributed by atoms with van der Waals surface area (Å²) in [6.45, 7) is 4.36. The van der Waals surface area contributed by atoms with Crippen LogP contribution in [0.3, 0.4) is 0 Å². The third-order valence-electron chi connectivity index (χ3n) is 2.49. The van der Waals surface area contributed by atoms with Gasteiger partial charge in [-0.15, -0.1) is 0 Å². The largest absolute Gasteiger partial charge is 0.306 e. The van der Waals surface area contributed by atoms with Crippen molar-refractivity contribution in [1.29, 1.82) is 0 Å². The third kappa shape index (κ3) is 1.73. The highest BCUT2D eigenvalue weighted by molar-refractivity contribution is 5.27. The van der Waals surface area contributed by atoms with Crippen molar-refractivity contribution >= 4 is 0 Å². The molecule has 1 aliphatic rings. The molecule has 1 aliphatic carbocycles. The van der Waals surface area contributed by atoms with Gasteiger partial charge < -0.3 is 5.32 Å². The molecule has 1 unspecified atom stereocenters. The van der Waals surface area contributed by atoms with E-state index < -0.39 is 0 Å². The van der Waals surface area contributed by atoms with E-state index >= 15 is 0 Å². The molecule has 0 radical (unpaired) electrons. The number of aryl methyl sites for hydroxylation is 1. The molecule has 0 saturated carbocycles. The number of pyridine rings is 1. The van der Waals surface area contributed by atoms with Crippen molar-refractivity contribution in [3.05, 3.63) is 29.6 Å². The highest BCUT2D eigenvalue weighted by Crippen LogP contribution is 2.28. The Hall–Kier alpha value is -0.890. The van der Waals surface area contributed by atoms with Crippen molar-refractivity contribution in [3.8, 4) is 0 Å². The maximum Gasteiger partial charge on any atom is 0.0605 e. The summed E-state index contributed by atoms with van der Waals surface area (Å²) in [5.74, 6) is 0. The summed E-state index contributed by atoms with van der Waals surface area (Å²) >= 11 is 0. The number of fused-ring (bicyclic) bond motifs is 1. The van der Waals surface area contributed by atoms with Gasteiger partial charge in [-0.1, -0.05) is 19.9 Å². The van der Waals surface area contributed by atoms with Crippen LogP contribution in [0.2, 0.25) is 0 Å². The molecule has 13 heavy (non-hydrogen) atoms. The second-order valence-corrected chi connectivity index (χ2v) is 3.96. The zero-order chi connectivity index (χ0) is 9.26. The second kappa shape index (κ2) is 3.46. The number of rotatable bonds is 2. The van der Waals surface area contributed by atoms with E-state index in [9.17, 15) is 0 Å². The molecule has 0 amide bonds. The summed E-state index contributed by atoms with van der Waals surface area (Å²) in [5, 5.41) is 3.54. The molecular formula is C11H16N2. The van der Waals surface area contributed by atoms with Crippen LogP contribution in [0.4, 0.5) is 0 Å². The fraction of sp³-hybridized carbons (Fsp3) is 0.545. The molecule has 1 heterocycles. The normalized spacial score (nSPS) is 20.7. The average Bonchev–Trinajstić information content (AvgIpc) is 2.48. The van der Waals surface area contributed by atoms with Gasteiger partial charge >= 0.3 is 0 Å². The van der Waals surface area contributed by atoms with Crippen molar-refractivity contribution in [2.75, 3.05) is 0 Å². The molecular weight excluding hydrogens is 160 g/mol. The maximum absolute atomic E-state index is 4.43. The Morgan fingerprint density at radius 3 is 3.15 bits per heavy atom. The van der Waals surface area contributed by atoms with Crippen LogP contribution in [0.1, 0.15) is 37.6 Å². The predicted molar refractivity (Wildman–Crippen MR) is 53.6 cm³/mol. The van der Waals surface area contributed by atoms with E-state index in [1.165, 1.54) is 24.1 Å². The van der Waals surface area contributed by atoms with Crippen LogP contribution < -0.4 is 5.32 Å². The van der Waals surface area contributed by atoms with Gasteiger partial charge in [0, 0.05) is 12.2 Å². The molecule has 1 atom stereocenters. The quantitative estimate of drug-likeness (QED) is 0.746. The first-order valence-electron chi connectivity index (χ1n) is 4.97. The number of hydrogen-bond acceptors (Lipinski definition) is 2. The lowest BCUT2D eigenvalue weighted by atomic mass is 10.2. The van der Waals surface area contributed by atoms with E-state index in [0.717, 1.165) is 0 Å². The van der Waals surface area contributed by atoms with Gasteiger partial charge in [-0.25, -0.2) is 0 Å². The smallest absolute Gasteiger partial charge is 0.0605 e. The minimum Gasteiger partial charge on any atom is -0.306 e. The second-order valence-electron chi connectivity index (χ2n) is 3.96. The van der Waals surface area contributed by atoms with Crippen LogP contribution in [-0.2, 0) is 6.42 Å². The molecule has 0 fully saturated rings. The fourth-order valence-electron chi connectivity index (χ4n) is 1.98. The van der Waals surface area contributed by atoms with E-state index in [0.29, 0.717) is 12.1 Å². The van der Waals surface area contributed by atoms with Gasteiger partial charge in [0.05, 0.1) is 11.7 Å². The van der Waals surface area contributed by atoms with Crippen molar-refractivity contribution in [2.45, 2.75) is 38.8 Å². The lowest BCUT2D eigenvalue weighted by molar-refractivity contribution is 0.468. The molecule has 0 aromatic carbocycles. The van der Waals surface area contributed by atoms with Crippen LogP contribution in [0.5, 0.6) is 0 Å². The molecule has 1 aromatic rings. The first-order valence-corrected chi connectivity index (χ1v) is 4.97. The summed E-state index contributed by atoms with van der Waals surface area (Å²) in [5.41, 5.74) is 2.68. The van der Waals surface area contributed by atoms with Gasteiger partial charge in [0.2, 0.25) is 0 Å². The van der Waals surface area contributed by atoms with Gasteiger partial charge in [0.1, 0.15) is 0 Å². The minimum atomic E-state index is 0.483. The molecule has 0 saturated heterocycles. The van der Waals surface area contributed by atoms with Crippen LogP contribution in [0.25, 0.3) is 0 Å². The molecule has 2 heteroatoms. The summed E-state index contributed by atoms with van der Waals surface area (Å²) in [7, 11) is 0. The van der Waals surface area contributed by atoms with Gasteiger partial charge in [-0.3, -0.25) is 4.98 Å². The summed E-state index contributed by atoms with van der Waals surface area (Å²) < 4.78 is 0. The van der Waals surface area contributed by atoms with E-state index in [2.05, 4.69) is 30.2 Å². The molecule has 0 aliphatic heterocycles. The SMILES string of the molecule is CC(C)NC1CCc2cccnc21. The van der Waals surface area contributed by atoms with Crippen molar-refractivity contribution in [3.63, 3.8) is 0 Å². The Morgan fingerprint density at radius 1 is 1.54 bits per heavy atom. The van der Waals surface area contributed by atoms with Crippen LogP contribution in [0.15, 0.2) is 18.3 Å². The van der Waals surface area contributed by atoms with Gasteiger partial charge in [0.15, 0.2) is 0 Å². The molecule has 2 rings (SSSR count). The van der Waals surface area contributed by atoms with E-state index in [1.54, 1.807) is 0 Å². The number of hydrogen-bond donors (Lipinski definition) is 1. The van der Waals surface area contributed by atoms with E-state index in [1.807, 2.05) is 12.3 Å². The summed E-state index contributed by atoms with van der Waals surface area (Å²) in [6, 6.07) is 5.23. The molecule has 1 N–H and O–H groups in total. The summed E-state index contributed by atoms with van der Waals surface area (Å²) in [6.07, 6.45) is 4.26. The first-order chi connectivity index (χ1) is 6.27. The van der Waals surface area contributed by atoms with Crippen LogP contribution >= 0.6 is 0 Å². The van der Waals surface area contributed by atoms with Crippen molar-refractivity contribution in [2.24, 2.45) is 0 Å². The molecule has 2 nitrogen and oxygen atoms in total. The lowest BCUT2D eigenvalue weighted by Crippen LogP contribution is -2.27. The van der Waals surface area contributed by atoms with Gasteiger partial charge in [-0.2, -0.15) is 0 Å². The summed E-state index contributed by atoms with van der Waals surface area (Å²) in [4.78, 5) is 4.43. The standard InChI is InChI=1S/C11H16N2/c1-8(2)13-10-6-5-9-4-3-7-12-11(9)10/h3-4,7-8,10,13H,5-6H2,1-2H3. The molecule has 1 aromatic heterocycles. The Labute approximate surface area is 79.4 Å².